The summed E-state index contributed by atoms with van der Waals surface area (Å²) in [6.45, 7) is 1.68. The first-order valence-corrected chi connectivity index (χ1v) is 5.12. The van der Waals surface area contributed by atoms with Crippen LogP contribution in [0.5, 0.6) is 0 Å². The number of rotatable bonds is 3. The minimum absolute atomic E-state index is 0.369. The summed E-state index contributed by atoms with van der Waals surface area (Å²) in [6, 6.07) is 9.50. The Morgan fingerprint density at radius 2 is 1.86 bits per heavy atom. The lowest BCUT2D eigenvalue weighted by atomic mass is 10.1. The SMILES string of the molecule is CC(Cl)(Cl)C(N)/C=C/c1ccccc1. The highest BCUT2D eigenvalue weighted by atomic mass is 35.5. The molecule has 76 valence electrons. The third kappa shape index (κ3) is 3.70. The Balaban J connectivity index is 2.66. The van der Waals surface area contributed by atoms with E-state index in [0.29, 0.717) is 0 Å². The van der Waals surface area contributed by atoms with Crippen LogP contribution in [-0.2, 0) is 0 Å². The van der Waals surface area contributed by atoms with Gasteiger partial charge in [-0.05, 0) is 12.5 Å². The van der Waals surface area contributed by atoms with Gasteiger partial charge in [-0.15, -0.1) is 0 Å². The summed E-state index contributed by atoms with van der Waals surface area (Å²) in [7, 11) is 0. The minimum Gasteiger partial charge on any atom is -0.322 e. The van der Waals surface area contributed by atoms with Gasteiger partial charge in [0.25, 0.3) is 0 Å². The number of hydrogen-bond acceptors (Lipinski definition) is 1. The van der Waals surface area contributed by atoms with E-state index < -0.39 is 4.33 Å². The molecule has 0 bridgehead atoms. The smallest absolute Gasteiger partial charge is 0.134 e. The highest BCUT2D eigenvalue weighted by Gasteiger charge is 2.23. The van der Waals surface area contributed by atoms with Crippen LogP contribution in [0.2, 0.25) is 0 Å². The number of halogens is 2. The van der Waals surface area contributed by atoms with E-state index in [-0.39, 0.29) is 6.04 Å². The first kappa shape index (κ1) is 11.6. The van der Waals surface area contributed by atoms with Crippen LogP contribution in [0.4, 0.5) is 0 Å². The number of nitrogens with two attached hydrogens (primary N) is 1. The van der Waals surface area contributed by atoms with E-state index in [1.807, 2.05) is 36.4 Å². The van der Waals surface area contributed by atoms with Gasteiger partial charge in [-0.25, -0.2) is 0 Å². The Morgan fingerprint density at radius 1 is 1.29 bits per heavy atom. The predicted octanol–water partition coefficient (Wildman–Crippen LogP) is 3.22. The van der Waals surface area contributed by atoms with Crippen LogP contribution in [0, 0.1) is 0 Å². The zero-order valence-electron chi connectivity index (χ0n) is 7.95. The van der Waals surface area contributed by atoms with Crippen LogP contribution in [0.1, 0.15) is 12.5 Å². The van der Waals surface area contributed by atoms with Gasteiger partial charge in [0, 0.05) is 0 Å². The Morgan fingerprint density at radius 3 is 2.36 bits per heavy atom. The van der Waals surface area contributed by atoms with Crippen LogP contribution >= 0.6 is 23.2 Å². The molecule has 0 aliphatic carbocycles. The fraction of sp³-hybridized carbons (Fsp3) is 0.273. The summed E-state index contributed by atoms with van der Waals surface area (Å²) in [5.74, 6) is 0. The molecule has 0 heterocycles. The van der Waals surface area contributed by atoms with Crippen LogP contribution in [0.3, 0.4) is 0 Å². The summed E-state index contributed by atoms with van der Waals surface area (Å²) in [4.78, 5) is 0. The number of hydrogen-bond donors (Lipinski definition) is 1. The van der Waals surface area contributed by atoms with Gasteiger partial charge in [0.05, 0.1) is 6.04 Å². The molecule has 0 saturated heterocycles. The summed E-state index contributed by atoms with van der Waals surface area (Å²) in [6.07, 6.45) is 3.71. The fourth-order valence-corrected chi connectivity index (χ4v) is 1.09. The number of alkyl halides is 2. The van der Waals surface area contributed by atoms with Crippen molar-refractivity contribution < 1.29 is 0 Å². The molecular weight excluding hydrogens is 217 g/mol. The maximum Gasteiger partial charge on any atom is 0.134 e. The van der Waals surface area contributed by atoms with Crippen molar-refractivity contribution in [2.45, 2.75) is 17.3 Å². The Labute approximate surface area is 94.5 Å². The molecule has 1 rings (SSSR count). The molecular formula is C11H13Cl2N. The Bertz CT molecular complexity index is 301. The third-order valence-corrected chi connectivity index (χ3v) is 2.38. The van der Waals surface area contributed by atoms with Crippen molar-refractivity contribution in [2.24, 2.45) is 5.73 Å². The third-order valence-electron chi connectivity index (χ3n) is 1.88. The average Bonchev–Trinajstić information content (AvgIpc) is 2.14. The van der Waals surface area contributed by atoms with Crippen molar-refractivity contribution in [3.63, 3.8) is 0 Å². The maximum atomic E-state index is 5.84. The highest BCUT2D eigenvalue weighted by molar-refractivity contribution is 6.48. The summed E-state index contributed by atoms with van der Waals surface area (Å²) >= 11 is 11.7. The van der Waals surface area contributed by atoms with Gasteiger partial charge in [-0.1, -0.05) is 65.7 Å². The second-order valence-corrected chi connectivity index (χ2v) is 5.02. The van der Waals surface area contributed by atoms with Crippen molar-refractivity contribution in [3.05, 3.63) is 42.0 Å². The fourth-order valence-electron chi connectivity index (χ4n) is 0.948. The lowest BCUT2D eigenvalue weighted by Crippen LogP contribution is -2.34. The molecule has 1 atom stereocenters. The van der Waals surface area contributed by atoms with Gasteiger partial charge in [0.15, 0.2) is 0 Å². The molecule has 0 saturated carbocycles. The summed E-state index contributed by atoms with van der Waals surface area (Å²) < 4.78 is -0.925. The van der Waals surface area contributed by atoms with E-state index >= 15 is 0 Å². The molecule has 1 aromatic rings. The first-order chi connectivity index (χ1) is 6.50. The van der Waals surface area contributed by atoms with E-state index in [2.05, 4.69) is 0 Å². The first-order valence-electron chi connectivity index (χ1n) is 4.37. The van der Waals surface area contributed by atoms with Crippen molar-refractivity contribution >= 4 is 29.3 Å². The van der Waals surface area contributed by atoms with Gasteiger partial charge in [-0.2, -0.15) is 0 Å². The summed E-state index contributed by atoms with van der Waals surface area (Å²) in [5.41, 5.74) is 6.83. The molecule has 0 radical (unpaired) electrons. The van der Waals surface area contributed by atoms with E-state index in [1.54, 1.807) is 13.0 Å². The van der Waals surface area contributed by atoms with Gasteiger partial charge >= 0.3 is 0 Å². The van der Waals surface area contributed by atoms with Crippen molar-refractivity contribution in [2.75, 3.05) is 0 Å². The van der Waals surface area contributed by atoms with Crippen molar-refractivity contribution in [3.8, 4) is 0 Å². The van der Waals surface area contributed by atoms with Gasteiger partial charge in [0.2, 0.25) is 0 Å². The lowest BCUT2D eigenvalue weighted by molar-refractivity contribution is 0.735. The standard InChI is InChI=1S/C11H13Cl2N/c1-11(12,13)10(14)8-7-9-5-3-2-4-6-9/h2-8,10H,14H2,1H3/b8-7+. The van der Waals surface area contributed by atoms with Crippen molar-refractivity contribution in [1.82, 2.24) is 0 Å². The molecule has 2 N–H and O–H groups in total. The van der Waals surface area contributed by atoms with Crippen LogP contribution in [-0.4, -0.2) is 10.4 Å². The zero-order valence-corrected chi connectivity index (χ0v) is 9.46. The van der Waals surface area contributed by atoms with E-state index in [9.17, 15) is 0 Å². The van der Waals surface area contributed by atoms with E-state index in [1.165, 1.54) is 0 Å². The molecule has 0 amide bonds. The normalized spacial score (nSPS) is 14.6. The molecule has 1 aromatic carbocycles. The highest BCUT2D eigenvalue weighted by Crippen LogP contribution is 2.24. The van der Waals surface area contributed by atoms with Crippen LogP contribution in [0.15, 0.2) is 36.4 Å². The van der Waals surface area contributed by atoms with Crippen molar-refractivity contribution in [1.29, 1.82) is 0 Å². The number of benzene rings is 1. The van der Waals surface area contributed by atoms with Gasteiger partial charge < -0.3 is 5.73 Å². The van der Waals surface area contributed by atoms with E-state index in [4.69, 9.17) is 28.9 Å². The second kappa shape index (κ2) is 4.83. The zero-order chi connectivity index (χ0) is 10.6. The monoisotopic (exact) mass is 229 g/mol. The van der Waals surface area contributed by atoms with E-state index in [0.717, 1.165) is 5.56 Å². The Kier molecular flexibility index (Phi) is 3.99. The molecule has 0 fully saturated rings. The Hall–Kier alpha value is -0.500. The molecule has 3 heteroatoms. The van der Waals surface area contributed by atoms with Crippen LogP contribution < -0.4 is 5.73 Å². The molecule has 0 aliphatic rings. The quantitative estimate of drug-likeness (QED) is 0.792. The predicted molar refractivity (Wildman–Crippen MR) is 63.6 cm³/mol. The second-order valence-electron chi connectivity index (χ2n) is 3.25. The molecule has 0 aromatic heterocycles. The van der Waals surface area contributed by atoms with Gasteiger partial charge in [-0.3, -0.25) is 0 Å². The molecule has 0 spiro atoms. The molecule has 1 unspecified atom stereocenters. The summed E-state index contributed by atoms with van der Waals surface area (Å²) in [5, 5.41) is 0. The molecule has 0 aliphatic heterocycles. The largest absolute Gasteiger partial charge is 0.322 e. The molecule has 14 heavy (non-hydrogen) atoms. The average molecular weight is 230 g/mol. The molecule has 1 nitrogen and oxygen atoms in total. The lowest BCUT2D eigenvalue weighted by Gasteiger charge is -2.18. The maximum absolute atomic E-state index is 5.84. The van der Waals surface area contributed by atoms with Crippen LogP contribution in [0.25, 0.3) is 6.08 Å². The minimum atomic E-state index is -0.925. The topological polar surface area (TPSA) is 26.0 Å². The van der Waals surface area contributed by atoms with Gasteiger partial charge in [0.1, 0.15) is 4.33 Å².